The van der Waals surface area contributed by atoms with Gasteiger partial charge in [0.1, 0.15) is 5.75 Å². The van der Waals surface area contributed by atoms with E-state index in [2.05, 4.69) is 44.5 Å². The molecule has 134 valence electrons. The molecule has 0 aliphatic rings. The van der Waals surface area contributed by atoms with Crippen molar-refractivity contribution in [2.24, 2.45) is 0 Å². The number of hydrogen-bond donors (Lipinski definition) is 1. The average Bonchev–Trinajstić information content (AvgIpc) is 2.67. The van der Waals surface area contributed by atoms with Crippen molar-refractivity contribution in [2.45, 2.75) is 20.4 Å². The first-order valence-electron chi connectivity index (χ1n) is 8.60. The topological polar surface area (TPSA) is 63.2 Å². The molecule has 2 aromatic carbocycles. The van der Waals surface area contributed by atoms with Crippen molar-refractivity contribution in [1.82, 2.24) is 15.2 Å². The van der Waals surface area contributed by atoms with E-state index < -0.39 is 0 Å². The Balaban J connectivity index is 1.82. The van der Waals surface area contributed by atoms with Gasteiger partial charge in [0.05, 0.1) is 19.0 Å². The molecule has 0 aliphatic carbocycles. The predicted molar refractivity (Wildman–Crippen MR) is 104 cm³/mol. The summed E-state index contributed by atoms with van der Waals surface area (Å²) in [6.45, 7) is 5.63. The van der Waals surface area contributed by atoms with Crippen molar-refractivity contribution < 1.29 is 4.74 Å². The van der Waals surface area contributed by atoms with Crippen LogP contribution < -0.4 is 15.0 Å². The predicted octanol–water partition coefficient (Wildman–Crippen LogP) is 3.96. The second kappa shape index (κ2) is 8.29. The highest BCUT2D eigenvalue weighted by Crippen LogP contribution is 2.28. The Morgan fingerprint density at radius 3 is 2.65 bits per heavy atom. The molecule has 6 heteroatoms. The van der Waals surface area contributed by atoms with Crippen LogP contribution in [0.4, 0.5) is 17.5 Å². The number of nitrogens with zero attached hydrogens (tertiary/aromatic N) is 4. The SMILES string of the molecule is CCN(Cc1ccccc1)c1nncc(Nc2cc(C)ccc2OC)n1. The molecule has 0 aliphatic heterocycles. The Hall–Kier alpha value is -3.15. The van der Waals surface area contributed by atoms with E-state index in [9.17, 15) is 0 Å². The lowest BCUT2D eigenvalue weighted by atomic mass is 10.2. The standard InChI is InChI=1S/C20H23N5O/c1-4-25(14-16-8-6-5-7-9-16)20-23-19(13-21-24-20)22-17-12-15(2)10-11-18(17)26-3/h5-13H,4,14H2,1-3H3,(H,22,23,24). The van der Waals surface area contributed by atoms with Crippen LogP contribution in [0.25, 0.3) is 0 Å². The van der Waals surface area contributed by atoms with Crippen molar-refractivity contribution in [3.63, 3.8) is 0 Å². The van der Waals surface area contributed by atoms with Gasteiger partial charge in [-0.25, -0.2) is 0 Å². The Morgan fingerprint density at radius 1 is 1.12 bits per heavy atom. The molecule has 0 bridgehead atoms. The molecule has 1 N–H and O–H groups in total. The van der Waals surface area contributed by atoms with Gasteiger partial charge in [-0.3, -0.25) is 0 Å². The molecular weight excluding hydrogens is 326 g/mol. The van der Waals surface area contributed by atoms with Crippen LogP contribution >= 0.6 is 0 Å². The minimum Gasteiger partial charge on any atom is -0.495 e. The molecular formula is C20H23N5O. The van der Waals surface area contributed by atoms with Gasteiger partial charge >= 0.3 is 0 Å². The van der Waals surface area contributed by atoms with Crippen LogP contribution in [0, 0.1) is 6.92 Å². The summed E-state index contributed by atoms with van der Waals surface area (Å²) in [6, 6.07) is 16.2. The van der Waals surface area contributed by atoms with Gasteiger partial charge < -0.3 is 15.0 Å². The van der Waals surface area contributed by atoms with Crippen LogP contribution in [0.2, 0.25) is 0 Å². The lowest BCUT2D eigenvalue weighted by Gasteiger charge is -2.21. The molecule has 0 saturated heterocycles. The third-order valence-electron chi connectivity index (χ3n) is 4.05. The molecule has 3 aromatic rings. The Labute approximate surface area is 153 Å². The van der Waals surface area contributed by atoms with E-state index >= 15 is 0 Å². The van der Waals surface area contributed by atoms with E-state index in [1.165, 1.54) is 5.56 Å². The lowest BCUT2D eigenvalue weighted by Crippen LogP contribution is -2.24. The fourth-order valence-corrected chi connectivity index (χ4v) is 2.67. The molecule has 6 nitrogen and oxygen atoms in total. The van der Waals surface area contributed by atoms with Crippen molar-refractivity contribution in [3.05, 3.63) is 65.9 Å². The van der Waals surface area contributed by atoms with Gasteiger partial charge in [0.15, 0.2) is 5.82 Å². The minimum atomic E-state index is 0.591. The second-order valence-corrected chi connectivity index (χ2v) is 5.97. The van der Waals surface area contributed by atoms with Gasteiger partial charge in [-0.1, -0.05) is 36.4 Å². The summed E-state index contributed by atoms with van der Waals surface area (Å²) in [4.78, 5) is 6.71. The fourth-order valence-electron chi connectivity index (χ4n) is 2.67. The maximum Gasteiger partial charge on any atom is 0.247 e. The molecule has 0 atom stereocenters. The van der Waals surface area contributed by atoms with E-state index in [-0.39, 0.29) is 0 Å². The largest absolute Gasteiger partial charge is 0.495 e. The number of rotatable bonds is 7. The number of methoxy groups -OCH3 is 1. The van der Waals surface area contributed by atoms with Gasteiger partial charge in [-0.05, 0) is 37.1 Å². The molecule has 0 radical (unpaired) electrons. The van der Waals surface area contributed by atoms with Crippen molar-refractivity contribution >= 4 is 17.5 Å². The quantitative estimate of drug-likeness (QED) is 0.697. The highest BCUT2D eigenvalue weighted by Gasteiger charge is 2.11. The molecule has 26 heavy (non-hydrogen) atoms. The molecule has 0 saturated carbocycles. The highest BCUT2D eigenvalue weighted by molar-refractivity contribution is 5.65. The third kappa shape index (κ3) is 4.27. The Morgan fingerprint density at radius 2 is 1.92 bits per heavy atom. The Kier molecular flexibility index (Phi) is 5.63. The molecule has 1 heterocycles. The highest BCUT2D eigenvalue weighted by atomic mass is 16.5. The van der Waals surface area contributed by atoms with Crippen LogP contribution in [0.5, 0.6) is 5.75 Å². The lowest BCUT2D eigenvalue weighted by molar-refractivity contribution is 0.416. The van der Waals surface area contributed by atoms with Gasteiger partial charge in [-0.15, -0.1) is 5.10 Å². The van der Waals surface area contributed by atoms with Crippen LogP contribution in [-0.4, -0.2) is 28.8 Å². The first-order valence-corrected chi connectivity index (χ1v) is 8.60. The average molecular weight is 349 g/mol. The summed E-state index contributed by atoms with van der Waals surface area (Å²) in [5.74, 6) is 1.98. The molecule has 0 fully saturated rings. The summed E-state index contributed by atoms with van der Waals surface area (Å²) in [5, 5.41) is 11.6. The van der Waals surface area contributed by atoms with Crippen LogP contribution in [0.3, 0.4) is 0 Å². The normalized spacial score (nSPS) is 10.4. The zero-order valence-corrected chi connectivity index (χ0v) is 15.3. The van der Waals surface area contributed by atoms with Gasteiger partial charge in [0.25, 0.3) is 0 Å². The first kappa shape index (κ1) is 17.7. The number of aromatic nitrogens is 3. The summed E-state index contributed by atoms with van der Waals surface area (Å²) < 4.78 is 5.41. The molecule has 0 amide bonds. The van der Waals surface area contributed by atoms with Crippen molar-refractivity contribution in [3.8, 4) is 5.75 Å². The smallest absolute Gasteiger partial charge is 0.247 e. The van der Waals surface area contributed by atoms with E-state index in [0.29, 0.717) is 11.8 Å². The maximum absolute atomic E-state index is 5.41. The molecule has 1 aromatic heterocycles. The second-order valence-electron chi connectivity index (χ2n) is 5.97. The van der Waals surface area contributed by atoms with E-state index in [1.54, 1.807) is 13.3 Å². The molecule has 0 unspecified atom stereocenters. The zero-order chi connectivity index (χ0) is 18.4. The van der Waals surface area contributed by atoms with E-state index in [4.69, 9.17) is 4.74 Å². The van der Waals surface area contributed by atoms with E-state index in [0.717, 1.165) is 30.1 Å². The summed E-state index contributed by atoms with van der Waals surface area (Å²) in [6.07, 6.45) is 1.61. The number of nitrogens with one attached hydrogen (secondary N) is 1. The summed E-state index contributed by atoms with van der Waals surface area (Å²) in [5.41, 5.74) is 3.19. The van der Waals surface area contributed by atoms with Crippen LogP contribution in [0.1, 0.15) is 18.1 Å². The summed E-state index contributed by atoms with van der Waals surface area (Å²) in [7, 11) is 1.65. The van der Waals surface area contributed by atoms with E-state index in [1.807, 2.05) is 43.3 Å². The molecule has 0 spiro atoms. The first-order chi connectivity index (χ1) is 12.7. The third-order valence-corrected chi connectivity index (χ3v) is 4.05. The van der Waals surface area contributed by atoms with Gasteiger partial charge in [0, 0.05) is 13.1 Å². The number of benzene rings is 2. The number of anilines is 3. The number of aryl methyl sites for hydroxylation is 1. The maximum atomic E-state index is 5.41. The fraction of sp³-hybridized carbons (Fsp3) is 0.250. The minimum absolute atomic E-state index is 0.591. The zero-order valence-electron chi connectivity index (χ0n) is 15.3. The monoisotopic (exact) mass is 349 g/mol. The summed E-state index contributed by atoms with van der Waals surface area (Å²) >= 11 is 0. The molecule has 3 rings (SSSR count). The number of hydrogen-bond acceptors (Lipinski definition) is 6. The van der Waals surface area contributed by atoms with Gasteiger partial charge in [0.2, 0.25) is 5.95 Å². The van der Waals surface area contributed by atoms with Crippen LogP contribution in [-0.2, 0) is 6.54 Å². The van der Waals surface area contributed by atoms with Crippen molar-refractivity contribution in [2.75, 3.05) is 23.9 Å². The van der Waals surface area contributed by atoms with Crippen LogP contribution in [0.15, 0.2) is 54.7 Å². The Bertz CT molecular complexity index is 854. The number of ether oxygens (including phenoxy) is 1. The van der Waals surface area contributed by atoms with Crippen molar-refractivity contribution in [1.29, 1.82) is 0 Å². The van der Waals surface area contributed by atoms with Gasteiger partial charge in [-0.2, -0.15) is 10.1 Å².